The maximum Gasteiger partial charge on any atom is 0.273 e. The van der Waals surface area contributed by atoms with E-state index in [1.54, 1.807) is 23.5 Å². The normalized spacial score (nSPS) is 10.5. The molecule has 0 atom stereocenters. The maximum absolute atomic E-state index is 12.3. The van der Waals surface area contributed by atoms with E-state index in [9.17, 15) is 4.79 Å². The lowest BCUT2D eigenvalue weighted by Gasteiger charge is -2.15. The summed E-state index contributed by atoms with van der Waals surface area (Å²) in [5.74, 6) is 0.411. The molecule has 0 aliphatic carbocycles. The Labute approximate surface area is 124 Å². The van der Waals surface area contributed by atoms with E-state index in [1.807, 2.05) is 18.2 Å². The monoisotopic (exact) mass is 300 g/mol. The van der Waals surface area contributed by atoms with E-state index >= 15 is 0 Å². The third-order valence-electron chi connectivity index (χ3n) is 2.81. The standard InChI is InChI=1S/C13H12N6OS/c1-19(6-9-4-2-3-5-14-9)13(20)10-7-21-12(17-10)11-15-8-16-18-11/h2-5,7-8H,6H2,1H3,(H,15,16,18). The zero-order chi connectivity index (χ0) is 14.7. The molecule has 3 rings (SSSR count). The molecule has 8 heteroatoms. The van der Waals surface area contributed by atoms with Gasteiger partial charge in [-0.3, -0.25) is 14.9 Å². The molecule has 0 aromatic carbocycles. The average molecular weight is 300 g/mol. The molecule has 106 valence electrons. The van der Waals surface area contributed by atoms with E-state index in [-0.39, 0.29) is 5.91 Å². The number of hydrogen-bond donors (Lipinski definition) is 1. The van der Waals surface area contributed by atoms with Gasteiger partial charge in [0.05, 0.1) is 12.2 Å². The van der Waals surface area contributed by atoms with E-state index < -0.39 is 0 Å². The molecular formula is C13H12N6OS. The van der Waals surface area contributed by atoms with Gasteiger partial charge in [0.2, 0.25) is 0 Å². The molecular weight excluding hydrogens is 288 g/mol. The van der Waals surface area contributed by atoms with Gasteiger partial charge in [-0.05, 0) is 12.1 Å². The highest BCUT2D eigenvalue weighted by molar-refractivity contribution is 7.13. The molecule has 3 aromatic rings. The molecule has 0 unspecified atom stereocenters. The van der Waals surface area contributed by atoms with E-state index in [1.165, 1.54) is 17.7 Å². The van der Waals surface area contributed by atoms with Crippen LogP contribution >= 0.6 is 11.3 Å². The van der Waals surface area contributed by atoms with Crippen molar-refractivity contribution < 1.29 is 4.79 Å². The number of pyridine rings is 1. The Hall–Kier alpha value is -2.61. The summed E-state index contributed by atoms with van der Waals surface area (Å²) in [5, 5.41) is 8.86. The van der Waals surface area contributed by atoms with Crippen molar-refractivity contribution >= 4 is 17.2 Å². The SMILES string of the molecule is CN(Cc1ccccn1)C(=O)c1csc(-c2ncn[nH]2)n1. The fourth-order valence-corrected chi connectivity index (χ4v) is 2.53. The number of H-pyrrole nitrogens is 1. The first-order valence-corrected chi connectivity index (χ1v) is 7.08. The number of thiazole rings is 1. The van der Waals surface area contributed by atoms with Crippen LogP contribution in [0.15, 0.2) is 36.1 Å². The van der Waals surface area contributed by atoms with Crippen molar-refractivity contribution in [2.45, 2.75) is 6.54 Å². The summed E-state index contributed by atoms with van der Waals surface area (Å²) in [6.07, 6.45) is 3.12. The second-order valence-electron chi connectivity index (χ2n) is 4.35. The average Bonchev–Trinajstić information content (AvgIpc) is 3.18. The zero-order valence-electron chi connectivity index (χ0n) is 11.2. The van der Waals surface area contributed by atoms with Crippen LogP contribution in [0.3, 0.4) is 0 Å². The number of aromatic amines is 1. The summed E-state index contributed by atoms with van der Waals surface area (Å²) in [5.41, 5.74) is 1.23. The third-order valence-corrected chi connectivity index (χ3v) is 3.66. The highest BCUT2D eigenvalue weighted by atomic mass is 32.1. The summed E-state index contributed by atoms with van der Waals surface area (Å²) in [6.45, 7) is 0.439. The molecule has 3 heterocycles. The van der Waals surface area contributed by atoms with Crippen molar-refractivity contribution in [3.63, 3.8) is 0 Å². The minimum Gasteiger partial charge on any atom is -0.334 e. The van der Waals surface area contributed by atoms with Crippen LogP contribution < -0.4 is 0 Å². The van der Waals surface area contributed by atoms with Gasteiger partial charge in [0.25, 0.3) is 5.91 Å². The van der Waals surface area contributed by atoms with Crippen molar-refractivity contribution in [1.29, 1.82) is 0 Å². The van der Waals surface area contributed by atoms with Crippen molar-refractivity contribution in [3.05, 3.63) is 47.5 Å². The van der Waals surface area contributed by atoms with Crippen LogP contribution in [0.5, 0.6) is 0 Å². The van der Waals surface area contributed by atoms with Crippen LogP contribution in [0.2, 0.25) is 0 Å². The minimum absolute atomic E-state index is 0.150. The minimum atomic E-state index is -0.150. The summed E-state index contributed by atoms with van der Waals surface area (Å²) in [6, 6.07) is 5.62. The third kappa shape index (κ3) is 2.95. The summed E-state index contributed by atoms with van der Waals surface area (Å²) < 4.78 is 0. The Morgan fingerprint density at radius 2 is 2.29 bits per heavy atom. The van der Waals surface area contributed by atoms with Gasteiger partial charge in [0.15, 0.2) is 10.8 Å². The molecule has 1 N–H and O–H groups in total. The number of amides is 1. The largest absolute Gasteiger partial charge is 0.334 e. The van der Waals surface area contributed by atoms with E-state index in [0.717, 1.165) is 5.69 Å². The first-order valence-electron chi connectivity index (χ1n) is 6.20. The Morgan fingerprint density at radius 3 is 3.00 bits per heavy atom. The molecule has 0 saturated carbocycles. The number of aromatic nitrogens is 5. The predicted octanol–water partition coefficient (Wildman–Crippen LogP) is 1.60. The number of hydrogen-bond acceptors (Lipinski definition) is 6. The van der Waals surface area contributed by atoms with Gasteiger partial charge in [0, 0.05) is 18.6 Å². The second-order valence-corrected chi connectivity index (χ2v) is 5.21. The van der Waals surface area contributed by atoms with Gasteiger partial charge in [-0.15, -0.1) is 11.3 Å². The van der Waals surface area contributed by atoms with E-state index in [2.05, 4.69) is 25.1 Å². The van der Waals surface area contributed by atoms with Gasteiger partial charge >= 0.3 is 0 Å². The van der Waals surface area contributed by atoms with Crippen LogP contribution in [0.4, 0.5) is 0 Å². The summed E-state index contributed by atoms with van der Waals surface area (Å²) >= 11 is 1.35. The number of nitrogens with one attached hydrogen (secondary N) is 1. The topological polar surface area (TPSA) is 87.7 Å². The first-order chi connectivity index (χ1) is 10.2. The predicted molar refractivity (Wildman–Crippen MR) is 77.5 cm³/mol. The molecule has 0 radical (unpaired) electrons. The van der Waals surface area contributed by atoms with Crippen LogP contribution in [0.1, 0.15) is 16.2 Å². The van der Waals surface area contributed by atoms with E-state index in [4.69, 9.17) is 0 Å². The van der Waals surface area contributed by atoms with Crippen LogP contribution in [-0.4, -0.2) is 43.0 Å². The van der Waals surface area contributed by atoms with Crippen molar-refractivity contribution in [3.8, 4) is 10.8 Å². The van der Waals surface area contributed by atoms with Gasteiger partial charge in [0.1, 0.15) is 12.0 Å². The summed E-state index contributed by atoms with van der Waals surface area (Å²) in [7, 11) is 1.73. The van der Waals surface area contributed by atoms with Crippen LogP contribution in [0.25, 0.3) is 10.8 Å². The quantitative estimate of drug-likeness (QED) is 0.790. The highest BCUT2D eigenvalue weighted by Gasteiger charge is 2.17. The number of carbonyl (C=O) groups excluding carboxylic acids is 1. The second kappa shape index (κ2) is 5.80. The van der Waals surface area contributed by atoms with Gasteiger partial charge in [-0.2, -0.15) is 5.10 Å². The Morgan fingerprint density at radius 1 is 1.38 bits per heavy atom. The number of carbonyl (C=O) groups is 1. The van der Waals surface area contributed by atoms with Crippen molar-refractivity contribution in [2.75, 3.05) is 7.05 Å². The smallest absolute Gasteiger partial charge is 0.273 e. The molecule has 3 aromatic heterocycles. The Bertz CT molecular complexity index is 724. The molecule has 0 bridgehead atoms. The van der Waals surface area contributed by atoms with Crippen LogP contribution in [0, 0.1) is 0 Å². The fraction of sp³-hybridized carbons (Fsp3) is 0.154. The zero-order valence-corrected chi connectivity index (χ0v) is 12.0. The van der Waals surface area contributed by atoms with E-state index in [0.29, 0.717) is 23.1 Å². The molecule has 0 spiro atoms. The molecule has 7 nitrogen and oxygen atoms in total. The lowest BCUT2D eigenvalue weighted by atomic mass is 10.3. The Balaban J connectivity index is 1.73. The van der Waals surface area contributed by atoms with Crippen molar-refractivity contribution in [2.24, 2.45) is 0 Å². The van der Waals surface area contributed by atoms with Gasteiger partial charge < -0.3 is 4.90 Å². The number of rotatable bonds is 4. The molecule has 21 heavy (non-hydrogen) atoms. The molecule has 0 fully saturated rings. The summed E-state index contributed by atoms with van der Waals surface area (Å²) in [4.78, 5) is 26.4. The Kier molecular flexibility index (Phi) is 3.69. The molecule has 1 amide bonds. The maximum atomic E-state index is 12.3. The van der Waals surface area contributed by atoms with Gasteiger partial charge in [-0.25, -0.2) is 9.97 Å². The lowest BCUT2D eigenvalue weighted by molar-refractivity contribution is 0.0778. The number of nitrogens with zero attached hydrogens (tertiary/aromatic N) is 5. The fourth-order valence-electron chi connectivity index (χ4n) is 1.79. The van der Waals surface area contributed by atoms with Crippen LogP contribution in [-0.2, 0) is 6.54 Å². The lowest BCUT2D eigenvalue weighted by Crippen LogP contribution is -2.26. The molecule has 0 saturated heterocycles. The molecule has 0 aliphatic heterocycles. The molecule has 0 aliphatic rings. The highest BCUT2D eigenvalue weighted by Crippen LogP contribution is 2.20. The van der Waals surface area contributed by atoms with Crippen molar-refractivity contribution in [1.82, 2.24) is 30.0 Å². The van der Waals surface area contributed by atoms with Gasteiger partial charge in [-0.1, -0.05) is 6.07 Å². The first kappa shape index (κ1) is 13.4.